The van der Waals surface area contributed by atoms with Crippen LogP contribution in [0.4, 0.5) is 5.69 Å². The predicted molar refractivity (Wildman–Crippen MR) is 128 cm³/mol. The quantitative estimate of drug-likeness (QED) is 0.565. The Hall–Kier alpha value is -2.45. The monoisotopic (exact) mass is 471 g/mol. The number of benzene rings is 1. The first-order valence-corrected chi connectivity index (χ1v) is 12.2. The van der Waals surface area contributed by atoms with Crippen molar-refractivity contribution in [2.75, 3.05) is 19.0 Å². The number of aliphatic hydroxyl groups is 1. The maximum atomic E-state index is 14.0. The molecule has 1 aromatic carbocycles. The van der Waals surface area contributed by atoms with Crippen molar-refractivity contribution < 1.29 is 24.2 Å². The molecule has 4 rings (SSSR count). The number of rotatable bonds is 7. The molecule has 3 fully saturated rings. The van der Waals surface area contributed by atoms with E-state index in [1.54, 1.807) is 7.05 Å². The second kappa shape index (κ2) is 8.64. The van der Waals surface area contributed by atoms with Crippen LogP contribution in [-0.2, 0) is 19.1 Å². The van der Waals surface area contributed by atoms with Crippen LogP contribution in [0.1, 0.15) is 51.2 Å². The molecule has 2 unspecified atom stereocenters. The zero-order chi connectivity index (χ0) is 25.0. The van der Waals surface area contributed by atoms with Crippen molar-refractivity contribution in [3.63, 3.8) is 0 Å². The number of nitrogens with one attached hydrogen (secondary N) is 2. The molecular formula is C26H37N3O5. The third-order valence-corrected chi connectivity index (χ3v) is 7.99. The molecule has 0 aromatic heterocycles. The van der Waals surface area contributed by atoms with Gasteiger partial charge in [0.05, 0.1) is 30.1 Å². The first-order chi connectivity index (χ1) is 16.0. The number of likely N-dealkylation sites (tertiary alicyclic amines) is 1. The van der Waals surface area contributed by atoms with Crippen molar-refractivity contribution in [1.29, 1.82) is 0 Å². The summed E-state index contributed by atoms with van der Waals surface area (Å²) in [6, 6.07) is 4.36. The van der Waals surface area contributed by atoms with Gasteiger partial charge in [-0.25, -0.2) is 0 Å². The number of anilines is 1. The van der Waals surface area contributed by atoms with Crippen molar-refractivity contribution in [1.82, 2.24) is 10.2 Å². The van der Waals surface area contributed by atoms with E-state index in [0.29, 0.717) is 24.9 Å². The molecule has 3 heterocycles. The van der Waals surface area contributed by atoms with Crippen LogP contribution in [-0.4, -0.2) is 64.7 Å². The number of amides is 3. The van der Waals surface area contributed by atoms with Gasteiger partial charge in [-0.15, -0.1) is 0 Å². The molecule has 0 saturated carbocycles. The van der Waals surface area contributed by atoms with E-state index in [4.69, 9.17) is 4.74 Å². The second-order valence-electron chi connectivity index (χ2n) is 10.9. The number of aliphatic hydroxyl groups excluding tert-OH is 1. The maximum Gasteiger partial charge on any atom is 0.250 e. The van der Waals surface area contributed by atoms with Gasteiger partial charge in [0.25, 0.3) is 0 Å². The average Bonchev–Trinajstić information content (AvgIpc) is 3.34. The topological polar surface area (TPSA) is 108 Å². The van der Waals surface area contributed by atoms with Crippen molar-refractivity contribution in [3.8, 4) is 0 Å². The largest absolute Gasteiger partial charge is 0.394 e. The van der Waals surface area contributed by atoms with Crippen LogP contribution in [0.15, 0.2) is 18.2 Å². The minimum atomic E-state index is -1.10. The Morgan fingerprint density at radius 1 is 1.24 bits per heavy atom. The van der Waals surface area contributed by atoms with E-state index >= 15 is 0 Å². The Bertz CT molecular complexity index is 1010. The molecule has 3 amide bonds. The van der Waals surface area contributed by atoms with Gasteiger partial charge in [-0.05, 0) is 63.1 Å². The van der Waals surface area contributed by atoms with E-state index in [2.05, 4.69) is 10.6 Å². The lowest BCUT2D eigenvalue weighted by atomic mass is 9.66. The van der Waals surface area contributed by atoms with Gasteiger partial charge in [0.15, 0.2) is 0 Å². The van der Waals surface area contributed by atoms with Crippen LogP contribution in [0.3, 0.4) is 0 Å². The lowest BCUT2D eigenvalue weighted by Gasteiger charge is -2.37. The molecule has 0 aliphatic carbocycles. The molecule has 34 heavy (non-hydrogen) atoms. The highest BCUT2D eigenvalue weighted by molar-refractivity contribution is 6.04. The molecule has 3 saturated heterocycles. The van der Waals surface area contributed by atoms with Gasteiger partial charge in [0.2, 0.25) is 17.7 Å². The summed E-state index contributed by atoms with van der Waals surface area (Å²) >= 11 is 0. The molecule has 8 nitrogen and oxygen atoms in total. The molecule has 3 aliphatic rings. The zero-order valence-corrected chi connectivity index (χ0v) is 21.0. The van der Waals surface area contributed by atoms with Gasteiger partial charge in [-0.2, -0.15) is 0 Å². The zero-order valence-electron chi connectivity index (χ0n) is 21.0. The Morgan fingerprint density at radius 2 is 1.94 bits per heavy atom. The summed E-state index contributed by atoms with van der Waals surface area (Å²) < 4.78 is 6.57. The van der Waals surface area contributed by atoms with E-state index in [1.807, 2.05) is 52.8 Å². The van der Waals surface area contributed by atoms with Crippen LogP contribution >= 0.6 is 0 Å². The van der Waals surface area contributed by atoms with Gasteiger partial charge in [0.1, 0.15) is 11.6 Å². The van der Waals surface area contributed by atoms with E-state index < -0.39 is 35.1 Å². The number of ether oxygens (including phenoxy) is 1. The van der Waals surface area contributed by atoms with Crippen LogP contribution in [0.2, 0.25) is 0 Å². The van der Waals surface area contributed by atoms with Crippen molar-refractivity contribution in [2.24, 2.45) is 17.8 Å². The Morgan fingerprint density at radius 3 is 2.56 bits per heavy atom. The lowest BCUT2D eigenvalue weighted by Crippen LogP contribution is -2.56. The molecule has 2 bridgehead atoms. The number of carbonyl (C=O) groups is 3. The molecule has 6 atom stereocenters. The van der Waals surface area contributed by atoms with E-state index in [9.17, 15) is 19.5 Å². The highest BCUT2D eigenvalue weighted by Crippen LogP contribution is 2.63. The molecule has 1 spiro atoms. The fourth-order valence-corrected chi connectivity index (χ4v) is 6.50. The highest BCUT2D eigenvalue weighted by Gasteiger charge is 2.78. The number of hydrogen-bond donors (Lipinski definition) is 3. The first-order valence-electron chi connectivity index (χ1n) is 12.2. The standard InChI is InChI=1S/C26H37N3O5/c1-14(2)11-17(13-30)29-21(23(32)28-18-12-15(3)7-8-16(18)4)26-10-9-25(5,34-26)19(22(31)27-6)20(26)24(29)33/h7-8,12,14,17,19-21,30H,9-11,13H2,1-6H3,(H,27,31)(H,28,32)/t17-,19-,20+,21?,25+,26?/m1/s1. The van der Waals surface area contributed by atoms with Crippen LogP contribution < -0.4 is 10.6 Å². The molecule has 3 aliphatic heterocycles. The number of fused-ring (bicyclic) bond motifs is 1. The smallest absolute Gasteiger partial charge is 0.250 e. The van der Waals surface area contributed by atoms with Gasteiger partial charge in [-0.3, -0.25) is 14.4 Å². The minimum absolute atomic E-state index is 0.204. The molecular weight excluding hydrogens is 434 g/mol. The third-order valence-electron chi connectivity index (χ3n) is 7.99. The van der Waals surface area contributed by atoms with Crippen LogP contribution in [0.5, 0.6) is 0 Å². The summed E-state index contributed by atoms with van der Waals surface area (Å²) in [7, 11) is 1.56. The van der Waals surface area contributed by atoms with E-state index in [1.165, 1.54) is 4.90 Å². The normalized spacial score (nSPS) is 32.8. The fraction of sp³-hybridized carbons (Fsp3) is 0.654. The van der Waals surface area contributed by atoms with E-state index in [0.717, 1.165) is 11.1 Å². The predicted octanol–water partition coefficient (Wildman–Crippen LogP) is 2.16. The van der Waals surface area contributed by atoms with Crippen molar-refractivity contribution in [3.05, 3.63) is 29.3 Å². The number of aryl methyl sites for hydroxylation is 2. The van der Waals surface area contributed by atoms with Crippen molar-refractivity contribution in [2.45, 2.75) is 77.2 Å². The molecule has 1 aromatic rings. The third kappa shape index (κ3) is 3.62. The summed E-state index contributed by atoms with van der Waals surface area (Å²) in [6.45, 7) is 9.52. The van der Waals surface area contributed by atoms with Crippen LogP contribution in [0, 0.1) is 31.6 Å². The van der Waals surface area contributed by atoms with Gasteiger partial charge < -0.3 is 25.4 Å². The maximum absolute atomic E-state index is 14.0. The van der Waals surface area contributed by atoms with Crippen LogP contribution in [0.25, 0.3) is 0 Å². The van der Waals surface area contributed by atoms with Gasteiger partial charge >= 0.3 is 0 Å². The molecule has 8 heteroatoms. The van der Waals surface area contributed by atoms with Gasteiger partial charge in [0, 0.05) is 12.7 Å². The van der Waals surface area contributed by atoms with Crippen molar-refractivity contribution >= 4 is 23.4 Å². The molecule has 0 radical (unpaired) electrons. The number of nitrogens with zero attached hydrogens (tertiary/aromatic N) is 1. The number of hydrogen-bond acceptors (Lipinski definition) is 5. The Balaban J connectivity index is 1.80. The van der Waals surface area contributed by atoms with E-state index in [-0.39, 0.29) is 30.2 Å². The summed E-state index contributed by atoms with van der Waals surface area (Å²) in [6.07, 6.45) is 1.64. The molecule has 3 N–H and O–H groups in total. The first kappa shape index (κ1) is 24.7. The summed E-state index contributed by atoms with van der Waals surface area (Å²) in [5.41, 5.74) is 0.696. The minimum Gasteiger partial charge on any atom is -0.394 e. The average molecular weight is 472 g/mol. The summed E-state index contributed by atoms with van der Waals surface area (Å²) in [5.74, 6) is -2.11. The Kier molecular flexibility index (Phi) is 6.27. The lowest BCUT2D eigenvalue weighted by molar-refractivity contribution is -0.148. The second-order valence-corrected chi connectivity index (χ2v) is 10.9. The Labute approximate surface area is 201 Å². The highest BCUT2D eigenvalue weighted by atomic mass is 16.5. The summed E-state index contributed by atoms with van der Waals surface area (Å²) in [4.78, 5) is 42.4. The SMILES string of the molecule is CNC(=O)[C@H]1[C@H]2C(=O)N([C@@H](CO)CC(C)C)C(C(=O)Nc3cc(C)ccc3C)C23CC[C@]1(C)O3. The summed E-state index contributed by atoms with van der Waals surface area (Å²) in [5, 5.41) is 16.0. The fourth-order valence-electron chi connectivity index (χ4n) is 6.50. The number of carbonyl (C=O) groups excluding carboxylic acids is 3. The van der Waals surface area contributed by atoms with Gasteiger partial charge in [-0.1, -0.05) is 26.0 Å². The molecule has 186 valence electrons.